The Balaban J connectivity index is 2.05. The minimum absolute atomic E-state index is 0.292. The van der Waals surface area contributed by atoms with Gasteiger partial charge < -0.3 is 15.0 Å². The van der Waals surface area contributed by atoms with Crippen molar-refractivity contribution >= 4 is 6.03 Å². The van der Waals surface area contributed by atoms with Crippen LogP contribution < -0.4 is 10.1 Å². The maximum absolute atomic E-state index is 14.0. The van der Waals surface area contributed by atoms with Crippen molar-refractivity contribution in [3.05, 3.63) is 59.7 Å². The summed E-state index contributed by atoms with van der Waals surface area (Å²) in [6.45, 7) is 2.16. The lowest BCUT2D eigenvalue weighted by Crippen LogP contribution is -2.38. The van der Waals surface area contributed by atoms with Crippen LogP contribution in [0.3, 0.4) is 0 Å². The molecule has 0 spiro atoms. The molecule has 23 heavy (non-hydrogen) atoms. The molecular formula is C17H20FN3O2. The number of methoxy groups -OCH3 is 1. The number of ether oxygens (including phenoxy) is 1. The fourth-order valence-electron chi connectivity index (χ4n) is 2.32. The highest BCUT2D eigenvalue weighted by Gasteiger charge is 2.20. The number of pyridine rings is 1. The Bertz CT molecular complexity index is 664. The Hall–Kier alpha value is -2.63. The predicted molar refractivity (Wildman–Crippen MR) is 85.6 cm³/mol. The van der Waals surface area contributed by atoms with E-state index in [4.69, 9.17) is 4.74 Å². The van der Waals surface area contributed by atoms with Crippen LogP contribution in [0.2, 0.25) is 0 Å². The Morgan fingerprint density at radius 1 is 1.35 bits per heavy atom. The smallest absolute Gasteiger partial charge is 0.317 e. The molecule has 2 aromatic rings. The lowest BCUT2D eigenvalue weighted by molar-refractivity contribution is 0.203. The number of nitrogens with one attached hydrogen (secondary N) is 1. The van der Waals surface area contributed by atoms with Crippen molar-refractivity contribution in [2.45, 2.75) is 19.5 Å². The number of hydrogen-bond donors (Lipinski definition) is 1. The van der Waals surface area contributed by atoms with Gasteiger partial charge in [0.15, 0.2) is 0 Å². The summed E-state index contributed by atoms with van der Waals surface area (Å²) in [5.74, 6) is 0.00326. The maximum atomic E-state index is 14.0. The van der Waals surface area contributed by atoms with Gasteiger partial charge in [-0.3, -0.25) is 4.98 Å². The molecule has 1 N–H and O–H groups in total. The van der Waals surface area contributed by atoms with Crippen LogP contribution in [0.25, 0.3) is 0 Å². The van der Waals surface area contributed by atoms with Crippen LogP contribution >= 0.6 is 0 Å². The molecule has 0 fully saturated rings. The molecule has 0 unspecified atom stereocenters. The van der Waals surface area contributed by atoms with Gasteiger partial charge in [-0.1, -0.05) is 6.07 Å². The lowest BCUT2D eigenvalue weighted by Gasteiger charge is -2.23. The first-order valence-electron chi connectivity index (χ1n) is 7.26. The van der Waals surface area contributed by atoms with E-state index in [-0.39, 0.29) is 6.03 Å². The molecule has 1 aromatic carbocycles. The minimum atomic E-state index is -0.515. The number of carbonyl (C=O) groups excluding carboxylic acids is 1. The molecule has 0 radical (unpaired) electrons. The van der Waals surface area contributed by atoms with Crippen molar-refractivity contribution < 1.29 is 13.9 Å². The van der Waals surface area contributed by atoms with Crippen molar-refractivity contribution in [1.82, 2.24) is 15.2 Å². The number of rotatable bonds is 5. The van der Waals surface area contributed by atoms with E-state index in [2.05, 4.69) is 10.3 Å². The van der Waals surface area contributed by atoms with E-state index in [0.717, 1.165) is 5.56 Å². The molecule has 0 aliphatic rings. The zero-order chi connectivity index (χ0) is 16.8. The summed E-state index contributed by atoms with van der Waals surface area (Å²) in [4.78, 5) is 17.7. The molecule has 2 amide bonds. The SMILES string of the molecule is COc1cccc(F)c1[C@@H](C)NC(=O)N(C)Cc1ccncc1. The minimum Gasteiger partial charge on any atom is -0.496 e. The number of aromatic nitrogens is 1. The highest BCUT2D eigenvalue weighted by molar-refractivity contribution is 5.74. The number of nitrogens with zero attached hydrogens (tertiary/aromatic N) is 2. The van der Waals surface area contributed by atoms with Gasteiger partial charge in [-0.05, 0) is 36.8 Å². The number of carbonyl (C=O) groups is 1. The maximum Gasteiger partial charge on any atom is 0.317 e. The summed E-state index contributed by atoms with van der Waals surface area (Å²) >= 11 is 0. The van der Waals surface area contributed by atoms with Crippen LogP contribution in [0.15, 0.2) is 42.7 Å². The van der Waals surface area contributed by atoms with Crippen molar-refractivity contribution in [1.29, 1.82) is 0 Å². The quantitative estimate of drug-likeness (QED) is 0.922. The van der Waals surface area contributed by atoms with Gasteiger partial charge in [-0.25, -0.2) is 9.18 Å². The highest BCUT2D eigenvalue weighted by atomic mass is 19.1. The predicted octanol–water partition coefficient (Wildman–Crippen LogP) is 3.13. The van der Waals surface area contributed by atoms with E-state index in [1.807, 2.05) is 12.1 Å². The van der Waals surface area contributed by atoms with Gasteiger partial charge in [0.05, 0.1) is 18.7 Å². The molecule has 1 atom stereocenters. The third kappa shape index (κ3) is 4.18. The molecule has 0 aliphatic carbocycles. The van der Waals surface area contributed by atoms with E-state index in [9.17, 15) is 9.18 Å². The van der Waals surface area contributed by atoms with Crippen LogP contribution in [-0.2, 0) is 6.54 Å². The van der Waals surface area contributed by atoms with E-state index in [1.54, 1.807) is 38.5 Å². The van der Waals surface area contributed by atoms with Gasteiger partial charge in [0.2, 0.25) is 0 Å². The Kier molecular flexibility index (Phi) is 5.51. The number of urea groups is 1. The Morgan fingerprint density at radius 3 is 2.70 bits per heavy atom. The molecule has 0 saturated carbocycles. The summed E-state index contributed by atoms with van der Waals surface area (Å²) in [5, 5.41) is 2.78. The third-order valence-corrected chi connectivity index (χ3v) is 3.52. The normalized spacial score (nSPS) is 11.7. The monoisotopic (exact) mass is 317 g/mol. The van der Waals surface area contributed by atoms with Gasteiger partial charge in [-0.2, -0.15) is 0 Å². The average molecular weight is 317 g/mol. The summed E-state index contributed by atoms with van der Waals surface area (Å²) in [6.07, 6.45) is 3.35. The standard InChI is InChI=1S/C17H20FN3O2/c1-12(16-14(18)5-4-6-15(16)23-3)20-17(22)21(2)11-13-7-9-19-10-8-13/h4-10,12H,11H2,1-3H3,(H,20,22)/t12-/m1/s1. The molecule has 6 heteroatoms. The van der Waals surface area contributed by atoms with E-state index >= 15 is 0 Å². The van der Waals surface area contributed by atoms with Crippen LogP contribution in [0.1, 0.15) is 24.1 Å². The first kappa shape index (κ1) is 16.7. The molecule has 2 rings (SSSR count). The first-order chi connectivity index (χ1) is 11.0. The molecule has 1 heterocycles. The van der Waals surface area contributed by atoms with Crippen molar-refractivity contribution in [3.8, 4) is 5.75 Å². The highest BCUT2D eigenvalue weighted by Crippen LogP contribution is 2.27. The molecule has 5 nitrogen and oxygen atoms in total. The van der Waals surface area contributed by atoms with Gasteiger partial charge in [-0.15, -0.1) is 0 Å². The van der Waals surface area contributed by atoms with Crippen molar-refractivity contribution in [2.75, 3.05) is 14.2 Å². The fourth-order valence-corrected chi connectivity index (χ4v) is 2.32. The first-order valence-corrected chi connectivity index (χ1v) is 7.26. The van der Waals surface area contributed by atoms with Gasteiger partial charge >= 0.3 is 6.03 Å². The molecule has 0 bridgehead atoms. The number of benzene rings is 1. The van der Waals surface area contributed by atoms with E-state index < -0.39 is 11.9 Å². The van der Waals surface area contributed by atoms with Gasteiger partial charge in [0.1, 0.15) is 11.6 Å². The van der Waals surface area contributed by atoms with Gasteiger partial charge in [0.25, 0.3) is 0 Å². The van der Waals surface area contributed by atoms with Crippen LogP contribution in [0, 0.1) is 5.82 Å². The molecular weight excluding hydrogens is 297 g/mol. The second kappa shape index (κ2) is 7.58. The van der Waals surface area contributed by atoms with Crippen LogP contribution in [0.5, 0.6) is 5.75 Å². The third-order valence-electron chi connectivity index (χ3n) is 3.52. The van der Waals surface area contributed by atoms with Crippen LogP contribution in [0.4, 0.5) is 9.18 Å². The summed E-state index contributed by atoms with van der Waals surface area (Å²) in [7, 11) is 3.16. The Labute approximate surface area is 135 Å². The van der Waals surface area contributed by atoms with Gasteiger partial charge in [0, 0.05) is 26.0 Å². The second-order valence-electron chi connectivity index (χ2n) is 5.24. The summed E-state index contributed by atoms with van der Waals surface area (Å²) in [6, 6.07) is 7.46. The molecule has 0 saturated heterocycles. The van der Waals surface area contributed by atoms with E-state index in [1.165, 1.54) is 18.1 Å². The lowest BCUT2D eigenvalue weighted by atomic mass is 10.1. The summed E-state index contributed by atoms with van der Waals surface area (Å²) in [5.41, 5.74) is 1.30. The average Bonchev–Trinajstić information content (AvgIpc) is 2.55. The molecule has 1 aromatic heterocycles. The molecule has 122 valence electrons. The van der Waals surface area contributed by atoms with E-state index in [0.29, 0.717) is 17.9 Å². The van der Waals surface area contributed by atoms with Crippen molar-refractivity contribution in [3.63, 3.8) is 0 Å². The topological polar surface area (TPSA) is 54.5 Å². The number of hydrogen-bond acceptors (Lipinski definition) is 3. The van der Waals surface area contributed by atoms with Crippen molar-refractivity contribution in [2.24, 2.45) is 0 Å². The number of amides is 2. The second-order valence-corrected chi connectivity index (χ2v) is 5.24. The fraction of sp³-hybridized carbons (Fsp3) is 0.294. The van der Waals surface area contributed by atoms with Crippen LogP contribution in [-0.4, -0.2) is 30.1 Å². The largest absolute Gasteiger partial charge is 0.496 e. The zero-order valence-electron chi connectivity index (χ0n) is 13.4. The Morgan fingerprint density at radius 2 is 2.04 bits per heavy atom. The molecule has 0 aliphatic heterocycles. The zero-order valence-corrected chi connectivity index (χ0v) is 13.4. The number of halogens is 1. The summed E-state index contributed by atoms with van der Waals surface area (Å²) < 4.78 is 19.2.